The molecule has 3 heterocycles. The van der Waals surface area contributed by atoms with Crippen molar-refractivity contribution >= 4 is 22.9 Å². The lowest BCUT2D eigenvalue weighted by atomic mass is 9.92. The number of ether oxygens (including phenoxy) is 1. The predicted molar refractivity (Wildman–Crippen MR) is 102 cm³/mol. The largest absolute Gasteiger partial charge is 0.393 e. The highest BCUT2D eigenvalue weighted by Gasteiger charge is 2.55. The van der Waals surface area contributed by atoms with E-state index >= 15 is 0 Å². The van der Waals surface area contributed by atoms with Crippen LogP contribution >= 0.6 is 0 Å². The summed E-state index contributed by atoms with van der Waals surface area (Å²) >= 11 is 0. The fourth-order valence-corrected chi connectivity index (χ4v) is 3.28. The van der Waals surface area contributed by atoms with Crippen molar-refractivity contribution in [1.29, 1.82) is 0 Å². The first-order valence-corrected chi connectivity index (χ1v) is 9.25. The zero-order chi connectivity index (χ0) is 21.2. The zero-order valence-electron chi connectivity index (χ0n) is 15.9. The Bertz CT molecular complexity index is 967. The van der Waals surface area contributed by atoms with E-state index in [0.29, 0.717) is 6.42 Å². The number of fused-ring (bicyclic) bond motifs is 1. The Morgan fingerprint density at radius 2 is 2.17 bits per heavy atom. The number of nitrogens with zero attached hydrogens (tertiary/aromatic N) is 4. The van der Waals surface area contributed by atoms with Gasteiger partial charge in [0.05, 0.1) is 19.4 Å². The number of nitrogens with two attached hydrogens (primary N) is 2. The van der Waals surface area contributed by atoms with Crippen molar-refractivity contribution < 1.29 is 24.9 Å². The maximum Gasteiger partial charge on any atom is 0.220 e. The average molecular weight is 404 g/mol. The van der Waals surface area contributed by atoms with Gasteiger partial charge < -0.3 is 31.5 Å². The molecule has 3 rings (SSSR count). The molecule has 0 bridgehead atoms. The highest BCUT2D eigenvalue weighted by molar-refractivity contribution is 5.82. The number of amides is 1. The third-order valence-electron chi connectivity index (χ3n) is 4.83. The number of imidazole rings is 1. The van der Waals surface area contributed by atoms with Crippen LogP contribution in [0.2, 0.25) is 0 Å². The second-order valence-corrected chi connectivity index (χ2v) is 6.97. The molecule has 2 aromatic heterocycles. The van der Waals surface area contributed by atoms with Gasteiger partial charge >= 0.3 is 0 Å². The minimum Gasteiger partial charge on any atom is -0.393 e. The molecule has 1 fully saturated rings. The van der Waals surface area contributed by atoms with Crippen molar-refractivity contribution in [2.75, 3.05) is 12.3 Å². The molecular formula is C18H24N6O5. The van der Waals surface area contributed by atoms with Crippen molar-refractivity contribution in [3.8, 4) is 11.8 Å². The van der Waals surface area contributed by atoms with Gasteiger partial charge in [-0.25, -0.2) is 15.0 Å². The summed E-state index contributed by atoms with van der Waals surface area (Å²) in [5, 5.41) is 30.7. The highest BCUT2D eigenvalue weighted by atomic mass is 16.6. The molecule has 0 spiro atoms. The maximum absolute atomic E-state index is 11.4. The van der Waals surface area contributed by atoms with E-state index in [1.165, 1.54) is 10.9 Å². The fraction of sp³-hybridized carbons (Fsp3) is 0.556. The highest BCUT2D eigenvalue weighted by Crippen LogP contribution is 2.40. The van der Waals surface area contributed by atoms with Gasteiger partial charge in [0.25, 0.3) is 0 Å². The van der Waals surface area contributed by atoms with E-state index < -0.39 is 43.0 Å². The molecule has 0 aromatic carbocycles. The number of hydrogen-bond donors (Lipinski definition) is 5. The number of carbonyl (C=O) groups is 1. The lowest BCUT2D eigenvalue weighted by Crippen LogP contribution is -2.48. The Morgan fingerprint density at radius 3 is 2.83 bits per heavy atom. The van der Waals surface area contributed by atoms with Gasteiger partial charge in [-0.2, -0.15) is 0 Å². The monoisotopic (exact) mass is 404 g/mol. The van der Waals surface area contributed by atoms with Gasteiger partial charge in [-0.3, -0.25) is 9.36 Å². The Morgan fingerprint density at radius 1 is 1.41 bits per heavy atom. The second kappa shape index (κ2) is 8.30. The Balaban J connectivity index is 2.00. The number of unbranched alkanes of at least 4 members (excludes halogenated alkanes) is 2. The molecule has 7 N–H and O–H groups in total. The number of anilines is 1. The number of primary amides is 1. The van der Waals surface area contributed by atoms with Crippen molar-refractivity contribution in [3.05, 3.63) is 12.2 Å². The van der Waals surface area contributed by atoms with E-state index in [0.717, 1.165) is 12.8 Å². The molecule has 1 saturated heterocycles. The Hall–Kier alpha value is -2.78. The van der Waals surface area contributed by atoms with Gasteiger partial charge in [-0.05, 0) is 12.3 Å². The molecule has 11 nitrogen and oxygen atoms in total. The summed E-state index contributed by atoms with van der Waals surface area (Å²) in [5.41, 5.74) is 9.93. The van der Waals surface area contributed by atoms with Gasteiger partial charge in [-0.15, -0.1) is 0 Å². The van der Waals surface area contributed by atoms with Crippen molar-refractivity contribution in [2.45, 2.75) is 56.6 Å². The first-order chi connectivity index (χ1) is 13.8. The van der Waals surface area contributed by atoms with Crippen LogP contribution in [0.5, 0.6) is 0 Å². The quantitative estimate of drug-likeness (QED) is 0.292. The van der Waals surface area contributed by atoms with Gasteiger partial charge in [-0.1, -0.05) is 19.3 Å². The summed E-state index contributed by atoms with van der Waals surface area (Å²) < 4.78 is 7.07. The van der Waals surface area contributed by atoms with Crippen LogP contribution in [-0.2, 0) is 9.53 Å². The van der Waals surface area contributed by atoms with Crippen LogP contribution in [0.15, 0.2) is 6.33 Å². The molecule has 1 amide bonds. The number of nitrogen functional groups attached to an aromatic ring is 1. The average Bonchev–Trinajstić information content (AvgIpc) is 3.20. The van der Waals surface area contributed by atoms with Gasteiger partial charge in [0.15, 0.2) is 17.7 Å². The van der Waals surface area contributed by atoms with E-state index in [9.17, 15) is 20.1 Å². The van der Waals surface area contributed by atoms with Crippen LogP contribution in [-0.4, -0.2) is 65.2 Å². The first-order valence-electron chi connectivity index (χ1n) is 9.25. The molecule has 11 heteroatoms. The van der Waals surface area contributed by atoms with Crippen LogP contribution in [0.1, 0.15) is 44.7 Å². The predicted octanol–water partition coefficient (Wildman–Crippen LogP) is -1.19. The second-order valence-electron chi connectivity index (χ2n) is 6.97. The van der Waals surface area contributed by atoms with Crippen LogP contribution in [0, 0.1) is 11.8 Å². The molecular weight excluding hydrogens is 380 g/mol. The van der Waals surface area contributed by atoms with Crippen molar-refractivity contribution in [2.24, 2.45) is 5.73 Å². The maximum atomic E-state index is 11.4. The summed E-state index contributed by atoms with van der Waals surface area (Å²) in [6.45, 7) is 1.34. The van der Waals surface area contributed by atoms with Gasteiger partial charge in [0.2, 0.25) is 11.7 Å². The van der Waals surface area contributed by atoms with Gasteiger partial charge in [0.1, 0.15) is 23.3 Å². The number of carbonyl (C=O) groups excluding carboxylic acids is 1. The number of hydrogen-bond acceptors (Lipinski definition) is 9. The van der Waals surface area contributed by atoms with Crippen molar-refractivity contribution in [1.82, 2.24) is 19.5 Å². The van der Waals surface area contributed by atoms with Crippen LogP contribution in [0.3, 0.4) is 0 Å². The summed E-state index contributed by atoms with van der Waals surface area (Å²) in [6, 6.07) is 0. The molecule has 1 aliphatic rings. The minimum atomic E-state index is -1.74. The summed E-state index contributed by atoms with van der Waals surface area (Å²) in [7, 11) is 0. The number of aliphatic hydroxyl groups is 3. The van der Waals surface area contributed by atoms with Crippen LogP contribution in [0.4, 0.5) is 5.82 Å². The molecule has 29 heavy (non-hydrogen) atoms. The van der Waals surface area contributed by atoms with E-state index in [4.69, 9.17) is 16.2 Å². The molecule has 156 valence electrons. The zero-order valence-corrected chi connectivity index (χ0v) is 15.9. The third kappa shape index (κ3) is 3.88. The molecule has 1 aliphatic heterocycles. The third-order valence-corrected chi connectivity index (χ3v) is 4.83. The van der Waals surface area contributed by atoms with E-state index in [1.807, 2.05) is 0 Å². The van der Waals surface area contributed by atoms with Crippen LogP contribution in [0.25, 0.3) is 11.2 Å². The molecule has 0 saturated carbocycles. The first kappa shape index (κ1) is 20.9. The number of aliphatic hydroxyl groups excluding tert-OH is 3. The fourth-order valence-electron chi connectivity index (χ4n) is 3.28. The minimum absolute atomic E-state index is 0.104. The topological polar surface area (TPSA) is 183 Å². The van der Waals surface area contributed by atoms with E-state index in [2.05, 4.69) is 33.7 Å². The van der Waals surface area contributed by atoms with Gasteiger partial charge in [0, 0.05) is 6.42 Å². The summed E-state index contributed by atoms with van der Waals surface area (Å²) in [4.78, 5) is 24.0. The summed E-state index contributed by atoms with van der Waals surface area (Å²) in [5.74, 6) is 5.31. The lowest BCUT2D eigenvalue weighted by Gasteiger charge is -2.28. The molecule has 2 unspecified atom stereocenters. The molecule has 0 aliphatic carbocycles. The number of aromatic nitrogens is 4. The standard InChI is InChI=1S/C18H24N6O5/c1-2-3-4-5-6-11-22-15(20)12-16(23-11)24(9-21-12)17-13(27)14(28)18(8-25,29-17)7-10(19)26/h9,13-14,17,25,27-28H,2-4,7-8H2,1H3,(H2,19,26)(H2,20,22,23)/t13?,14?,17-,18+/m1/s1. The smallest absolute Gasteiger partial charge is 0.220 e. The lowest BCUT2D eigenvalue weighted by molar-refractivity contribution is -0.147. The molecule has 0 radical (unpaired) electrons. The molecule has 2 aromatic rings. The normalized spacial score (nSPS) is 26.4. The van der Waals surface area contributed by atoms with Crippen molar-refractivity contribution in [3.63, 3.8) is 0 Å². The Labute approximate surface area is 166 Å². The SMILES string of the molecule is CCCCC#Cc1nc(N)c2ncn([C@@H]3O[C@](CO)(CC(N)=O)C(O)C3O)c2n1. The number of rotatable bonds is 6. The van der Waals surface area contributed by atoms with E-state index in [-0.39, 0.29) is 22.8 Å². The Kier molecular flexibility index (Phi) is 5.99. The molecule has 4 atom stereocenters. The van der Waals surface area contributed by atoms with Crippen LogP contribution < -0.4 is 11.5 Å². The van der Waals surface area contributed by atoms with E-state index in [1.54, 1.807) is 0 Å². The summed E-state index contributed by atoms with van der Waals surface area (Å²) in [6.07, 6.45) is -0.717.